The summed E-state index contributed by atoms with van der Waals surface area (Å²) in [7, 11) is -3.46. The Bertz CT molecular complexity index is 1150. The van der Waals surface area contributed by atoms with Crippen molar-refractivity contribution in [2.24, 2.45) is 0 Å². The van der Waals surface area contributed by atoms with Crippen LogP contribution in [0.4, 0.5) is 13.2 Å². The van der Waals surface area contributed by atoms with Gasteiger partial charge in [-0.05, 0) is 26.0 Å². The second-order valence-corrected chi connectivity index (χ2v) is 9.16. The lowest BCUT2D eigenvalue weighted by Crippen LogP contribution is -2.16. The fourth-order valence-electron chi connectivity index (χ4n) is 3.30. The third-order valence-corrected chi connectivity index (χ3v) is 5.85. The number of alkyl halides is 3. The smallest absolute Gasteiger partial charge is 0.361 e. The molecule has 0 fully saturated rings. The van der Waals surface area contributed by atoms with E-state index in [1.54, 1.807) is 32.9 Å². The average Bonchev–Trinajstić information content (AvgIpc) is 3.22. The molecule has 0 N–H and O–H groups in total. The van der Waals surface area contributed by atoms with E-state index in [9.17, 15) is 21.6 Å². The van der Waals surface area contributed by atoms with Gasteiger partial charge in [-0.25, -0.2) is 18.1 Å². The second kappa shape index (κ2) is 7.86. The fraction of sp³-hybridized carbons (Fsp3) is 0.421. The quantitative estimate of drug-likeness (QED) is 0.572. The number of aryl methyl sites for hydroxylation is 3. The van der Waals surface area contributed by atoms with Crippen molar-refractivity contribution in [2.45, 2.75) is 50.7 Å². The summed E-state index contributed by atoms with van der Waals surface area (Å²) in [5.74, 6) is 0.583. The van der Waals surface area contributed by atoms with Crippen LogP contribution in [-0.4, -0.2) is 40.8 Å². The van der Waals surface area contributed by atoms with Crippen LogP contribution in [0.15, 0.2) is 33.7 Å². The molecule has 0 aliphatic heterocycles. The highest BCUT2D eigenvalue weighted by molar-refractivity contribution is 7.90. The molecular formula is C19H21F3N4O3S. The monoisotopic (exact) mass is 442 g/mol. The van der Waals surface area contributed by atoms with Gasteiger partial charge in [-0.2, -0.15) is 18.3 Å². The van der Waals surface area contributed by atoms with Crippen molar-refractivity contribution >= 4 is 9.84 Å². The van der Waals surface area contributed by atoms with E-state index in [0.717, 1.165) is 11.8 Å². The van der Waals surface area contributed by atoms with Crippen LogP contribution in [0.5, 0.6) is 0 Å². The maximum Gasteiger partial charge on any atom is 0.390 e. The van der Waals surface area contributed by atoms with Gasteiger partial charge in [0.25, 0.3) is 0 Å². The van der Waals surface area contributed by atoms with Gasteiger partial charge in [-0.15, -0.1) is 0 Å². The van der Waals surface area contributed by atoms with E-state index >= 15 is 0 Å². The molecule has 0 saturated heterocycles. The van der Waals surface area contributed by atoms with Crippen LogP contribution in [0.25, 0.3) is 11.4 Å². The first-order valence-corrected chi connectivity index (χ1v) is 11.0. The predicted octanol–water partition coefficient (Wildman–Crippen LogP) is 4.06. The molecule has 3 aromatic rings. The summed E-state index contributed by atoms with van der Waals surface area (Å²) in [4.78, 5) is 4.54. The van der Waals surface area contributed by atoms with Gasteiger partial charge < -0.3 is 4.52 Å². The van der Waals surface area contributed by atoms with Crippen molar-refractivity contribution < 1.29 is 26.1 Å². The number of rotatable bonds is 6. The van der Waals surface area contributed by atoms with Crippen molar-refractivity contribution in [2.75, 3.05) is 6.26 Å². The maximum absolute atomic E-state index is 12.8. The summed E-state index contributed by atoms with van der Waals surface area (Å²) in [6.07, 6.45) is -4.35. The molecular weight excluding hydrogens is 421 g/mol. The molecule has 0 radical (unpaired) electrons. The first-order chi connectivity index (χ1) is 13.9. The molecule has 0 bridgehead atoms. The molecule has 0 spiro atoms. The zero-order valence-electron chi connectivity index (χ0n) is 16.9. The van der Waals surface area contributed by atoms with Gasteiger partial charge in [0, 0.05) is 23.3 Å². The molecule has 0 aliphatic carbocycles. The summed E-state index contributed by atoms with van der Waals surface area (Å²) < 4.78 is 68.6. The van der Waals surface area contributed by atoms with E-state index in [-0.39, 0.29) is 10.7 Å². The van der Waals surface area contributed by atoms with E-state index in [2.05, 4.69) is 15.2 Å². The number of halogens is 3. The van der Waals surface area contributed by atoms with Gasteiger partial charge >= 0.3 is 6.18 Å². The van der Waals surface area contributed by atoms with Gasteiger partial charge in [0.05, 0.1) is 23.6 Å². The van der Waals surface area contributed by atoms with Crippen molar-refractivity contribution in [3.63, 3.8) is 0 Å². The number of hydrogen-bond donors (Lipinski definition) is 0. The Balaban J connectivity index is 2.09. The molecule has 7 nitrogen and oxygen atoms in total. The Morgan fingerprint density at radius 1 is 1.23 bits per heavy atom. The van der Waals surface area contributed by atoms with Crippen LogP contribution in [0.2, 0.25) is 0 Å². The normalized spacial score (nSPS) is 13.6. The van der Waals surface area contributed by atoms with Crippen molar-refractivity contribution in [1.82, 2.24) is 19.9 Å². The summed E-state index contributed by atoms with van der Waals surface area (Å²) in [5, 5.41) is 8.16. The number of hydrogen-bond acceptors (Lipinski definition) is 6. The average molecular weight is 442 g/mol. The van der Waals surface area contributed by atoms with E-state index < -0.39 is 34.9 Å². The minimum Gasteiger partial charge on any atom is -0.361 e. The van der Waals surface area contributed by atoms with E-state index in [1.807, 2.05) is 0 Å². The molecule has 3 rings (SSSR count). The van der Waals surface area contributed by atoms with Crippen molar-refractivity contribution in [3.8, 4) is 11.4 Å². The van der Waals surface area contributed by atoms with Gasteiger partial charge in [0.15, 0.2) is 15.7 Å². The highest BCUT2D eigenvalue weighted by Gasteiger charge is 2.30. The van der Waals surface area contributed by atoms with Crippen LogP contribution in [0, 0.1) is 13.8 Å². The van der Waals surface area contributed by atoms with Gasteiger partial charge in [0.1, 0.15) is 11.6 Å². The Hall–Kier alpha value is -2.69. The van der Waals surface area contributed by atoms with Crippen LogP contribution in [0.1, 0.15) is 42.1 Å². The summed E-state index contributed by atoms with van der Waals surface area (Å²) in [5.41, 5.74) is 1.74. The molecule has 2 heterocycles. The van der Waals surface area contributed by atoms with Gasteiger partial charge in [-0.1, -0.05) is 24.2 Å². The second-order valence-electron chi connectivity index (χ2n) is 7.14. The first kappa shape index (κ1) is 22.0. The number of sulfone groups is 1. The fourth-order valence-corrected chi connectivity index (χ4v) is 3.96. The van der Waals surface area contributed by atoms with E-state index in [0.29, 0.717) is 22.8 Å². The molecule has 1 aromatic carbocycles. The molecule has 0 aliphatic rings. The van der Waals surface area contributed by atoms with Crippen LogP contribution in [-0.2, 0) is 16.4 Å². The molecule has 2 aromatic heterocycles. The molecule has 0 saturated carbocycles. The number of nitrogens with zero attached hydrogens (tertiary/aromatic N) is 4. The summed E-state index contributed by atoms with van der Waals surface area (Å²) >= 11 is 0. The number of benzene rings is 1. The van der Waals surface area contributed by atoms with Gasteiger partial charge in [-0.3, -0.25) is 0 Å². The third-order valence-electron chi connectivity index (χ3n) is 4.74. The first-order valence-electron chi connectivity index (χ1n) is 9.11. The molecule has 1 atom stereocenters. The van der Waals surface area contributed by atoms with Crippen LogP contribution >= 0.6 is 0 Å². The standard InChI is InChI=1S/C19H21F3N4O3S/c1-11(16-12(2)25-29-13(16)3)18-23-17(24-26(18)9-8-19(20,21)22)14-6-5-7-15(10-14)30(4,27)28/h5-7,10-11H,8-9H2,1-4H3. The third kappa shape index (κ3) is 4.72. The topological polar surface area (TPSA) is 90.9 Å². The predicted molar refractivity (Wildman–Crippen MR) is 103 cm³/mol. The molecule has 30 heavy (non-hydrogen) atoms. The lowest BCUT2D eigenvalue weighted by molar-refractivity contribution is -0.137. The Kier molecular flexibility index (Phi) is 5.76. The van der Waals surface area contributed by atoms with Gasteiger partial charge in [0.2, 0.25) is 0 Å². The largest absolute Gasteiger partial charge is 0.390 e. The highest BCUT2D eigenvalue weighted by atomic mass is 32.2. The van der Waals surface area contributed by atoms with Crippen LogP contribution < -0.4 is 0 Å². The lowest BCUT2D eigenvalue weighted by Gasteiger charge is -2.13. The molecule has 11 heteroatoms. The van der Waals surface area contributed by atoms with Crippen molar-refractivity contribution in [3.05, 3.63) is 47.1 Å². The highest BCUT2D eigenvalue weighted by Crippen LogP contribution is 2.31. The molecule has 1 unspecified atom stereocenters. The Morgan fingerprint density at radius 2 is 1.93 bits per heavy atom. The minimum atomic E-state index is -4.36. The van der Waals surface area contributed by atoms with E-state index in [1.165, 1.54) is 16.8 Å². The lowest BCUT2D eigenvalue weighted by atomic mass is 9.98. The summed E-state index contributed by atoms with van der Waals surface area (Å²) in [6, 6.07) is 6.00. The van der Waals surface area contributed by atoms with Crippen molar-refractivity contribution in [1.29, 1.82) is 0 Å². The maximum atomic E-state index is 12.8. The summed E-state index contributed by atoms with van der Waals surface area (Å²) in [6.45, 7) is 4.84. The Morgan fingerprint density at radius 3 is 2.50 bits per heavy atom. The molecule has 0 amide bonds. The van der Waals surface area contributed by atoms with E-state index in [4.69, 9.17) is 4.52 Å². The van der Waals surface area contributed by atoms with Crippen LogP contribution in [0.3, 0.4) is 0 Å². The SMILES string of the molecule is Cc1noc(C)c1C(C)c1nc(-c2cccc(S(C)(=O)=O)c2)nn1CCC(F)(F)F. The zero-order chi connectivity index (χ0) is 22.3. The minimum absolute atomic E-state index is 0.0759. The Labute approximate surface area is 171 Å². The zero-order valence-corrected chi connectivity index (χ0v) is 17.7. The molecule has 162 valence electrons. The number of aromatic nitrogens is 4.